The van der Waals surface area contributed by atoms with Crippen LogP contribution in [0.15, 0.2) is 41.8 Å². The normalized spacial score (nSPS) is 9.75. The molecule has 0 aliphatic rings. The molecule has 1 aromatic carbocycles. The first-order valence-electron chi connectivity index (χ1n) is 4.61. The molecule has 6 heteroatoms. The van der Waals surface area contributed by atoms with Gasteiger partial charge in [0.15, 0.2) is 11.6 Å². The number of benzene rings is 1. The summed E-state index contributed by atoms with van der Waals surface area (Å²) in [4.78, 5) is 7.95. The molecule has 0 spiro atoms. The van der Waals surface area contributed by atoms with E-state index in [2.05, 4.69) is 20.4 Å². The average molecular weight is 214 g/mol. The molecule has 0 amide bonds. The number of hydrogen-bond acceptors (Lipinski definition) is 6. The molecule has 0 bridgehead atoms. The van der Waals surface area contributed by atoms with Gasteiger partial charge in [-0.1, -0.05) is 12.1 Å². The summed E-state index contributed by atoms with van der Waals surface area (Å²) in [6.45, 7) is 0. The van der Waals surface area contributed by atoms with E-state index in [4.69, 9.17) is 11.3 Å². The van der Waals surface area contributed by atoms with E-state index in [0.717, 1.165) is 0 Å². The maximum Gasteiger partial charge on any atom is 0.173 e. The zero-order valence-corrected chi connectivity index (χ0v) is 8.38. The molecule has 0 atom stereocenters. The number of rotatable bonds is 3. The highest BCUT2D eigenvalue weighted by atomic mass is 15.1. The molecule has 2 aromatic rings. The van der Waals surface area contributed by atoms with Crippen molar-refractivity contribution >= 4 is 23.0 Å². The Morgan fingerprint density at radius 1 is 1.19 bits per heavy atom. The highest BCUT2D eigenvalue weighted by molar-refractivity contribution is 5.73. The first-order chi connectivity index (χ1) is 7.81. The van der Waals surface area contributed by atoms with Crippen molar-refractivity contribution < 1.29 is 0 Å². The van der Waals surface area contributed by atoms with Crippen molar-refractivity contribution in [2.24, 2.45) is 5.11 Å². The minimum atomic E-state index is 0.308. The van der Waals surface area contributed by atoms with Crippen LogP contribution in [0.3, 0.4) is 0 Å². The lowest BCUT2D eigenvalue weighted by molar-refractivity contribution is 1.14. The summed E-state index contributed by atoms with van der Waals surface area (Å²) < 4.78 is 0. The molecule has 16 heavy (non-hydrogen) atoms. The van der Waals surface area contributed by atoms with Crippen LogP contribution in [0.1, 0.15) is 0 Å². The van der Waals surface area contributed by atoms with Crippen molar-refractivity contribution in [2.45, 2.75) is 0 Å². The van der Waals surface area contributed by atoms with Gasteiger partial charge >= 0.3 is 0 Å². The van der Waals surface area contributed by atoms with Crippen LogP contribution in [-0.2, 0) is 0 Å². The predicted molar refractivity (Wildman–Crippen MR) is 61.0 cm³/mol. The fourth-order valence-electron chi connectivity index (χ4n) is 1.25. The van der Waals surface area contributed by atoms with E-state index in [9.17, 15) is 0 Å². The van der Waals surface area contributed by atoms with Crippen LogP contribution in [0.5, 0.6) is 0 Å². The molecule has 0 fully saturated rings. The summed E-state index contributed by atoms with van der Waals surface area (Å²) in [6, 6.07) is 7.16. The maximum absolute atomic E-state index is 7.02. The summed E-state index contributed by atoms with van der Waals surface area (Å²) in [5.41, 5.74) is 13.9. The van der Waals surface area contributed by atoms with Crippen molar-refractivity contribution in [2.75, 3.05) is 11.1 Å². The third-order valence-electron chi connectivity index (χ3n) is 2.00. The Balaban J connectivity index is 2.34. The Hall–Kier alpha value is -2.50. The second-order valence-corrected chi connectivity index (χ2v) is 3.04. The molecule has 0 saturated carbocycles. The highest BCUT2D eigenvalue weighted by Gasteiger charge is 2.04. The summed E-state index contributed by atoms with van der Waals surface area (Å²) in [5, 5.41) is 6.37. The van der Waals surface area contributed by atoms with E-state index >= 15 is 0 Å². The molecule has 0 saturated heterocycles. The molecule has 1 aromatic heterocycles. The smallest absolute Gasteiger partial charge is 0.173 e. The van der Waals surface area contributed by atoms with Gasteiger partial charge in [0.25, 0.3) is 0 Å². The van der Waals surface area contributed by atoms with Gasteiger partial charge in [0.1, 0.15) is 5.69 Å². The lowest BCUT2D eigenvalue weighted by atomic mass is 10.2. The van der Waals surface area contributed by atoms with Crippen LogP contribution in [0.25, 0.3) is 0 Å². The van der Waals surface area contributed by atoms with E-state index in [-0.39, 0.29) is 0 Å². The first-order valence-corrected chi connectivity index (χ1v) is 4.61. The van der Waals surface area contributed by atoms with Crippen LogP contribution >= 0.6 is 0 Å². The molecule has 1 heterocycles. The maximum atomic E-state index is 7.02. The van der Waals surface area contributed by atoms with Crippen molar-refractivity contribution in [1.82, 2.24) is 9.97 Å². The van der Waals surface area contributed by atoms with E-state index in [1.54, 1.807) is 24.4 Å². The number of hydrogen-bond donors (Lipinski definition) is 3. The molecule has 0 aliphatic carbocycles. The Labute approximate surface area is 92.1 Å². The predicted octanol–water partition coefficient (Wildman–Crippen LogP) is 2.46. The zero-order valence-electron chi connectivity index (χ0n) is 8.38. The standard InChI is InChI=1S/C10H10N6/c11-9-10(14-6-5-13-9)15-7-3-1-2-4-8(7)16-12/h1-6,12H,(H2,11,13)(H,14,15). The van der Waals surface area contributed by atoms with Crippen molar-refractivity contribution in [3.05, 3.63) is 36.7 Å². The van der Waals surface area contributed by atoms with Crippen LogP contribution in [0.4, 0.5) is 23.0 Å². The molecule has 0 radical (unpaired) electrons. The van der Waals surface area contributed by atoms with Gasteiger partial charge in [0, 0.05) is 12.4 Å². The summed E-state index contributed by atoms with van der Waals surface area (Å²) in [5.74, 6) is 0.765. The molecule has 2 rings (SSSR count). The molecule has 4 N–H and O–H groups in total. The third kappa shape index (κ3) is 1.95. The fraction of sp³-hybridized carbons (Fsp3) is 0. The van der Waals surface area contributed by atoms with E-state index < -0.39 is 0 Å². The average Bonchev–Trinajstić information content (AvgIpc) is 2.33. The molecule has 0 unspecified atom stereocenters. The Morgan fingerprint density at radius 3 is 2.69 bits per heavy atom. The van der Waals surface area contributed by atoms with Crippen LogP contribution < -0.4 is 11.1 Å². The van der Waals surface area contributed by atoms with Crippen LogP contribution in [0.2, 0.25) is 0 Å². The number of aromatic nitrogens is 2. The van der Waals surface area contributed by atoms with Crippen LogP contribution in [0, 0.1) is 5.53 Å². The number of para-hydroxylation sites is 2. The number of nitrogens with two attached hydrogens (primary N) is 1. The Kier molecular flexibility index (Phi) is 2.73. The zero-order chi connectivity index (χ0) is 11.4. The Bertz CT molecular complexity index is 510. The topological polar surface area (TPSA) is 100 Å². The Morgan fingerprint density at radius 2 is 1.94 bits per heavy atom. The lowest BCUT2D eigenvalue weighted by Gasteiger charge is -2.08. The molecule has 80 valence electrons. The summed E-state index contributed by atoms with van der Waals surface area (Å²) >= 11 is 0. The quantitative estimate of drug-likeness (QED) is 0.683. The van der Waals surface area contributed by atoms with Gasteiger partial charge in [0.05, 0.1) is 5.69 Å². The van der Waals surface area contributed by atoms with Gasteiger partial charge in [-0.2, -0.15) is 5.11 Å². The number of nitrogens with one attached hydrogen (secondary N) is 2. The number of anilines is 3. The minimum absolute atomic E-state index is 0.308. The fourth-order valence-corrected chi connectivity index (χ4v) is 1.25. The van der Waals surface area contributed by atoms with E-state index in [1.165, 1.54) is 6.20 Å². The van der Waals surface area contributed by atoms with E-state index in [1.807, 2.05) is 6.07 Å². The number of nitrogen functional groups attached to an aromatic ring is 1. The van der Waals surface area contributed by atoms with Crippen molar-refractivity contribution in [3.63, 3.8) is 0 Å². The molecule has 6 nitrogen and oxygen atoms in total. The molecule has 0 aliphatic heterocycles. The summed E-state index contributed by atoms with van der Waals surface area (Å²) in [7, 11) is 0. The summed E-state index contributed by atoms with van der Waals surface area (Å²) in [6.07, 6.45) is 3.06. The molecular weight excluding hydrogens is 204 g/mol. The monoisotopic (exact) mass is 214 g/mol. The minimum Gasteiger partial charge on any atom is -0.381 e. The van der Waals surface area contributed by atoms with Crippen molar-refractivity contribution in [3.8, 4) is 0 Å². The first kappa shape index (κ1) is 10.0. The number of nitrogens with zero attached hydrogens (tertiary/aromatic N) is 3. The van der Waals surface area contributed by atoms with Gasteiger partial charge in [-0.15, -0.1) is 0 Å². The third-order valence-corrected chi connectivity index (χ3v) is 2.00. The largest absolute Gasteiger partial charge is 0.381 e. The second kappa shape index (κ2) is 4.35. The van der Waals surface area contributed by atoms with Crippen LogP contribution in [-0.4, -0.2) is 9.97 Å². The lowest BCUT2D eigenvalue weighted by Crippen LogP contribution is -2.00. The van der Waals surface area contributed by atoms with Gasteiger partial charge in [-0.05, 0) is 12.1 Å². The van der Waals surface area contributed by atoms with Gasteiger partial charge < -0.3 is 11.1 Å². The van der Waals surface area contributed by atoms with Gasteiger partial charge in [0.2, 0.25) is 0 Å². The SMILES string of the molecule is N=Nc1ccccc1Nc1nccnc1N. The molecular formula is C10H10N6. The van der Waals surface area contributed by atoms with Gasteiger partial charge in [-0.25, -0.2) is 15.5 Å². The van der Waals surface area contributed by atoms with Gasteiger partial charge in [-0.3, -0.25) is 0 Å². The van der Waals surface area contributed by atoms with E-state index in [0.29, 0.717) is 23.0 Å². The highest BCUT2D eigenvalue weighted by Crippen LogP contribution is 2.27. The second-order valence-electron chi connectivity index (χ2n) is 3.04. The van der Waals surface area contributed by atoms with Crippen molar-refractivity contribution in [1.29, 1.82) is 5.53 Å².